The summed E-state index contributed by atoms with van der Waals surface area (Å²) in [4.78, 5) is 2.51. The predicted octanol–water partition coefficient (Wildman–Crippen LogP) is 2.61. The molecule has 0 radical (unpaired) electrons. The molecule has 1 aliphatic carbocycles. The summed E-state index contributed by atoms with van der Waals surface area (Å²) in [6.45, 7) is 8.81. The summed E-state index contributed by atoms with van der Waals surface area (Å²) in [5.74, 6) is 0. The Morgan fingerprint density at radius 2 is 2.00 bits per heavy atom. The number of alkyl halides is 1. The lowest BCUT2D eigenvalue weighted by molar-refractivity contribution is 0.104. The molecule has 1 saturated heterocycles. The molecular weight excluding hydrogens is 165 g/mol. The topological polar surface area (TPSA) is 3.24 Å². The van der Waals surface area contributed by atoms with Crippen LogP contribution in [0.25, 0.3) is 0 Å². The maximum atomic E-state index is 12.8. The second kappa shape index (κ2) is 2.47. The molecule has 0 spiro atoms. The Bertz CT molecular complexity index is 221. The van der Waals surface area contributed by atoms with Crippen molar-refractivity contribution in [3.8, 4) is 0 Å². The van der Waals surface area contributed by atoms with Crippen molar-refractivity contribution >= 4 is 0 Å². The highest BCUT2D eigenvalue weighted by molar-refractivity contribution is 5.18. The number of likely N-dealkylation sites (tertiary alicyclic amines) is 1. The average Bonchev–Trinajstić information content (AvgIpc) is 2.55. The molecule has 1 nitrogen and oxygen atoms in total. The molecule has 76 valence electrons. The minimum absolute atomic E-state index is 0.0622. The van der Waals surface area contributed by atoms with E-state index >= 15 is 0 Å². The van der Waals surface area contributed by atoms with Crippen molar-refractivity contribution < 1.29 is 4.39 Å². The van der Waals surface area contributed by atoms with Gasteiger partial charge >= 0.3 is 0 Å². The molecule has 2 fully saturated rings. The number of nitrogens with zero attached hydrogens (tertiary/aromatic N) is 1. The van der Waals surface area contributed by atoms with Gasteiger partial charge in [-0.2, -0.15) is 0 Å². The summed E-state index contributed by atoms with van der Waals surface area (Å²) in [5.41, 5.74) is 0.268. The van der Waals surface area contributed by atoms with Crippen LogP contribution < -0.4 is 0 Å². The van der Waals surface area contributed by atoms with Gasteiger partial charge in [-0.15, -0.1) is 0 Å². The molecule has 2 heteroatoms. The molecule has 13 heavy (non-hydrogen) atoms. The van der Waals surface area contributed by atoms with Crippen LogP contribution in [0.5, 0.6) is 0 Å². The fourth-order valence-corrected chi connectivity index (χ4v) is 3.26. The van der Waals surface area contributed by atoms with E-state index < -0.39 is 0 Å². The van der Waals surface area contributed by atoms with Gasteiger partial charge in [-0.25, -0.2) is 0 Å². The van der Waals surface area contributed by atoms with Gasteiger partial charge in [-0.3, -0.25) is 9.29 Å². The quantitative estimate of drug-likeness (QED) is 0.607. The number of hydrogen-bond donors (Lipinski definition) is 0. The monoisotopic (exact) mass is 185 g/mol. The molecule has 3 atom stereocenters. The van der Waals surface area contributed by atoms with E-state index in [0.717, 1.165) is 12.8 Å². The van der Waals surface area contributed by atoms with E-state index in [9.17, 15) is 4.39 Å². The highest BCUT2D eigenvalue weighted by Crippen LogP contribution is 2.61. The standard InChI is InChI=1S/C11H20FN/c1-8-5-11(7-12)6-9(11)13(8)10(2,3)4/h8-9H,5-7H2,1-4H3/t8-,9+,11-/m1/s1. The Hall–Kier alpha value is -0.110. The van der Waals surface area contributed by atoms with Crippen molar-refractivity contribution in [2.75, 3.05) is 6.67 Å². The third kappa shape index (κ3) is 1.22. The van der Waals surface area contributed by atoms with Crippen LogP contribution in [0.3, 0.4) is 0 Å². The lowest BCUT2D eigenvalue weighted by Gasteiger charge is -2.37. The van der Waals surface area contributed by atoms with Crippen molar-refractivity contribution in [1.82, 2.24) is 4.90 Å². The second-order valence-electron chi connectivity index (χ2n) is 5.85. The molecule has 1 saturated carbocycles. The number of halogens is 1. The Labute approximate surface area is 80.3 Å². The van der Waals surface area contributed by atoms with Crippen LogP contribution in [-0.4, -0.2) is 29.2 Å². The summed E-state index contributed by atoms with van der Waals surface area (Å²) < 4.78 is 12.8. The third-order valence-corrected chi connectivity index (χ3v) is 3.70. The molecule has 0 unspecified atom stereocenters. The largest absolute Gasteiger partial charge is 0.292 e. The molecule has 0 aromatic heterocycles. The van der Waals surface area contributed by atoms with E-state index in [1.54, 1.807) is 0 Å². The molecule has 0 N–H and O–H groups in total. The van der Waals surface area contributed by atoms with Gasteiger partial charge in [-0.05, 0) is 40.5 Å². The van der Waals surface area contributed by atoms with Gasteiger partial charge in [0.2, 0.25) is 0 Å². The Balaban J connectivity index is 2.16. The van der Waals surface area contributed by atoms with Crippen LogP contribution in [0.1, 0.15) is 40.5 Å². The molecule has 1 aliphatic heterocycles. The maximum absolute atomic E-state index is 12.8. The van der Waals surface area contributed by atoms with Gasteiger partial charge in [0.25, 0.3) is 0 Å². The number of rotatable bonds is 1. The van der Waals surface area contributed by atoms with Gasteiger partial charge in [-0.1, -0.05) is 0 Å². The second-order valence-corrected chi connectivity index (χ2v) is 5.85. The summed E-state index contributed by atoms with van der Waals surface area (Å²) in [6.07, 6.45) is 2.15. The fraction of sp³-hybridized carbons (Fsp3) is 1.00. The zero-order valence-electron chi connectivity index (χ0n) is 9.10. The molecule has 0 amide bonds. The molecular formula is C11H20FN. The van der Waals surface area contributed by atoms with Gasteiger partial charge in [0, 0.05) is 23.0 Å². The van der Waals surface area contributed by atoms with E-state index in [-0.39, 0.29) is 17.6 Å². The smallest absolute Gasteiger partial charge is 0.0966 e. The lowest BCUT2D eigenvalue weighted by Crippen LogP contribution is -2.45. The molecule has 0 aromatic carbocycles. The number of hydrogen-bond acceptors (Lipinski definition) is 1. The van der Waals surface area contributed by atoms with Crippen molar-refractivity contribution in [2.45, 2.75) is 58.2 Å². The van der Waals surface area contributed by atoms with Crippen molar-refractivity contribution in [3.05, 3.63) is 0 Å². The summed E-state index contributed by atoms with van der Waals surface area (Å²) in [6, 6.07) is 1.10. The predicted molar refractivity (Wildman–Crippen MR) is 52.5 cm³/mol. The number of fused-ring (bicyclic) bond motifs is 1. The van der Waals surface area contributed by atoms with Crippen LogP contribution in [0.4, 0.5) is 4.39 Å². The molecule has 2 aliphatic rings. The van der Waals surface area contributed by atoms with Crippen LogP contribution in [0, 0.1) is 5.41 Å². The third-order valence-electron chi connectivity index (χ3n) is 3.70. The van der Waals surface area contributed by atoms with Gasteiger partial charge in [0.1, 0.15) is 0 Å². The average molecular weight is 185 g/mol. The van der Waals surface area contributed by atoms with Crippen LogP contribution in [-0.2, 0) is 0 Å². The highest BCUT2D eigenvalue weighted by Gasteiger charge is 2.65. The van der Waals surface area contributed by atoms with Crippen LogP contribution in [0.15, 0.2) is 0 Å². The van der Waals surface area contributed by atoms with Crippen molar-refractivity contribution in [3.63, 3.8) is 0 Å². The summed E-state index contributed by atoms with van der Waals surface area (Å²) in [5, 5.41) is 0. The van der Waals surface area contributed by atoms with E-state index in [2.05, 4.69) is 32.6 Å². The first kappa shape index (κ1) is 9.45. The first-order valence-corrected chi connectivity index (χ1v) is 5.25. The summed E-state index contributed by atoms with van der Waals surface area (Å²) >= 11 is 0. The Kier molecular flexibility index (Phi) is 1.80. The van der Waals surface area contributed by atoms with Gasteiger partial charge < -0.3 is 0 Å². The molecule has 2 rings (SSSR count). The van der Waals surface area contributed by atoms with Crippen LogP contribution >= 0.6 is 0 Å². The first-order chi connectivity index (χ1) is 5.91. The molecule has 0 bridgehead atoms. The van der Waals surface area contributed by atoms with E-state index in [4.69, 9.17) is 0 Å². The normalized spacial score (nSPS) is 45.0. The zero-order valence-corrected chi connectivity index (χ0v) is 9.10. The molecule has 1 heterocycles. The maximum Gasteiger partial charge on any atom is 0.0966 e. The fourth-order valence-electron chi connectivity index (χ4n) is 3.26. The SMILES string of the molecule is C[C@@H]1C[C@]2(CF)C[C@@H]2N1C(C)(C)C. The van der Waals surface area contributed by atoms with Crippen LogP contribution in [0.2, 0.25) is 0 Å². The zero-order chi connectivity index (χ0) is 9.85. The van der Waals surface area contributed by atoms with E-state index in [0.29, 0.717) is 12.1 Å². The highest BCUT2D eigenvalue weighted by atomic mass is 19.1. The van der Waals surface area contributed by atoms with Gasteiger partial charge in [0.05, 0.1) is 6.67 Å². The summed E-state index contributed by atoms with van der Waals surface area (Å²) in [7, 11) is 0. The van der Waals surface area contributed by atoms with Crippen molar-refractivity contribution in [1.29, 1.82) is 0 Å². The first-order valence-electron chi connectivity index (χ1n) is 5.25. The molecule has 0 aromatic rings. The number of piperidine rings is 1. The Morgan fingerprint density at radius 3 is 2.31 bits per heavy atom. The van der Waals surface area contributed by atoms with E-state index in [1.165, 1.54) is 0 Å². The van der Waals surface area contributed by atoms with E-state index in [1.807, 2.05) is 0 Å². The van der Waals surface area contributed by atoms with Crippen molar-refractivity contribution in [2.24, 2.45) is 5.41 Å². The lowest BCUT2D eigenvalue weighted by atomic mass is 10.0. The Morgan fingerprint density at radius 1 is 1.38 bits per heavy atom. The minimum Gasteiger partial charge on any atom is -0.292 e. The minimum atomic E-state index is -0.116. The van der Waals surface area contributed by atoms with Gasteiger partial charge in [0.15, 0.2) is 0 Å².